The van der Waals surface area contributed by atoms with E-state index in [1.54, 1.807) is 30.3 Å². The summed E-state index contributed by atoms with van der Waals surface area (Å²) < 4.78 is 18.7. The molecule has 2 amide bonds. The Bertz CT molecular complexity index is 830. The molecule has 142 valence electrons. The average molecular weight is 370 g/mol. The molecule has 1 saturated carbocycles. The van der Waals surface area contributed by atoms with Gasteiger partial charge in [-0.25, -0.2) is 4.39 Å². The summed E-state index contributed by atoms with van der Waals surface area (Å²) in [4.78, 5) is 25.3. The van der Waals surface area contributed by atoms with E-state index in [2.05, 4.69) is 10.6 Å². The number of para-hydroxylation sites is 2. The van der Waals surface area contributed by atoms with Gasteiger partial charge in [-0.1, -0.05) is 24.3 Å². The van der Waals surface area contributed by atoms with Gasteiger partial charge in [0.05, 0.1) is 11.8 Å². The lowest BCUT2D eigenvalue weighted by molar-refractivity contribution is -0.134. The molecule has 0 heterocycles. The molecule has 2 aromatic rings. The van der Waals surface area contributed by atoms with E-state index in [0.717, 1.165) is 5.56 Å². The highest BCUT2D eigenvalue weighted by molar-refractivity contribution is 6.13. The van der Waals surface area contributed by atoms with Crippen LogP contribution in [0, 0.1) is 11.2 Å². The first-order chi connectivity index (χ1) is 12.9. The van der Waals surface area contributed by atoms with Gasteiger partial charge in [0.25, 0.3) is 0 Å². The predicted octanol–water partition coefficient (Wildman–Crippen LogP) is 3.65. The van der Waals surface area contributed by atoms with Crippen molar-refractivity contribution >= 4 is 17.5 Å². The molecule has 0 radical (unpaired) electrons. The Morgan fingerprint density at radius 2 is 1.74 bits per heavy atom. The summed E-state index contributed by atoms with van der Waals surface area (Å²) >= 11 is 0. The normalized spacial score (nSPS) is 14.5. The Kier molecular flexibility index (Phi) is 5.44. The van der Waals surface area contributed by atoms with Crippen molar-refractivity contribution in [3.8, 4) is 5.75 Å². The van der Waals surface area contributed by atoms with Gasteiger partial charge < -0.3 is 15.4 Å². The maximum atomic E-state index is 13.0. The van der Waals surface area contributed by atoms with Crippen LogP contribution in [-0.4, -0.2) is 17.9 Å². The number of amides is 2. The molecule has 1 fully saturated rings. The molecule has 3 rings (SSSR count). The maximum absolute atomic E-state index is 13.0. The van der Waals surface area contributed by atoms with Crippen LogP contribution in [0.1, 0.15) is 32.3 Å². The van der Waals surface area contributed by atoms with Crippen LogP contribution in [0.15, 0.2) is 48.5 Å². The minimum Gasteiger partial charge on any atom is -0.489 e. The lowest BCUT2D eigenvalue weighted by Gasteiger charge is -2.18. The summed E-state index contributed by atoms with van der Waals surface area (Å²) in [5.74, 6) is -0.403. The van der Waals surface area contributed by atoms with Crippen LogP contribution in [-0.2, 0) is 16.1 Å². The summed E-state index contributed by atoms with van der Waals surface area (Å²) in [6.45, 7) is 4.06. The van der Waals surface area contributed by atoms with E-state index in [1.165, 1.54) is 12.1 Å². The second-order valence-corrected chi connectivity index (χ2v) is 7.01. The highest BCUT2D eigenvalue weighted by atomic mass is 19.1. The summed E-state index contributed by atoms with van der Waals surface area (Å²) in [5, 5.41) is 5.61. The Morgan fingerprint density at radius 3 is 2.37 bits per heavy atom. The van der Waals surface area contributed by atoms with Crippen molar-refractivity contribution < 1.29 is 18.7 Å². The summed E-state index contributed by atoms with van der Waals surface area (Å²) in [6.07, 6.45) is 0.972. The lowest BCUT2D eigenvalue weighted by Crippen LogP contribution is -2.39. The number of halogens is 1. The zero-order chi connectivity index (χ0) is 19.4. The van der Waals surface area contributed by atoms with Crippen molar-refractivity contribution in [2.24, 2.45) is 5.41 Å². The van der Waals surface area contributed by atoms with Gasteiger partial charge in [-0.3, -0.25) is 9.59 Å². The monoisotopic (exact) mass is 370 g/mol. The van der Waals surface area contributed by atoms with Crippen LogP contribution < -0.4 is 15.4 Å². The highest BCUT2D eigenvalue weighted by Crippen LogP contribution is 2.47. The number of ether oxygens (including phenoxy) is 1. The van der Waals surface area contributed by atoms with E-state index in [9.17, 15) is 14.0 Å². The molecule has 6 heteroatoms. The van der Waals surface area contributed by atoms with E-state index >= 15 is 0 Å². The van der Waals surface area contributed by atoms with Gasteiger partial charge in [-0.15, -0.1) is 0 Å². The fourth-order valence-electron chi connectivity index (χ4n) is 2.80. The zero-order valence-corrected chi connectivity index (χ0v) is 15.4. The third kappa shape index (κ3) is 4.45. The van der Waals surface area contributed by atoms with Crippen molar-refractivity contribution in [2.45, 2.75) is 39.3 Å². The molecule has 0 saturated heterocycles. The number of rotatable bonds is 7. The van der Waals surface area contributed by atoms with Crippen molar-refractivity contribution in [3.05, 3.63) is 59.9 Å². The third-order valence-electron chi connectivity index (χ3n) is 4.48. The molecule has 0 atom stereocenters. The minimum absolute atomic E-state index is 0.0306. The van der Waals surface area contributed by atoms with Crippen LogP contribution in [0.5, 0.6) is 5.75 Å². The number of hydrogen-bond acceptors (Lipinski definition) is 3. The summed E-state index contributed by atoms with van der Waals surface area (Å²) in [7, 11) is 0. The zero-order valence-electron chi connectivity index (χ0n) is 15.4. The van der Waals surface area contributed by atoms with Crippen molar-refractivity contribution in [3.63, 3.8) is 0 Å². The van der Waals surface area contributed by atoms with Crippen LogP contribution in [0.2, 0.25) is 0 Å². The molecule has 0 spiro atoms. The highest BCUT2D eigenvalue weighted by Gasteiger charge is 2.56. The molecule has 2 aromatic carbocycles. The largest absolute Gasteiger partial charge is 0.489 e. The van der Waals surface area contributed by atoms with Gasteiger partial charge in [0.1, 0.15) is 17.0 Å². The van der Waals surface area contributed by atoms with Gasteiger partial charge in [0.15, 0.2) is 0 Å². The number of benzene rings is 2. The Balaban J connectivity index is 1.64. The van der Waals surface area contributed by atoms with E-state index < -0.39 is 5.41 Å². The Morgan fingerprint density at radius 1 is 1.07 bits per heavy atom. The van der Waals surface area contributed by atoms with Crippen LogP contribution >= 0.6 is 0 Å². The van der Waals surface area contributed by atoms with E-state index in [4.69, 9.17) is 4.74 Å². The number of nitrogens with one attached hydrogen (secondary N) is 2. The maximum Gasteiger partial charge on any atom is 0.240 e. The van der Waals surface area contributed by atoms with Crippen molar-refractivity contribution in [2.75, 3.05) is 5.32 Å². The average Bonchev–Trinajstić information content (AvgIpc) is 3.44. The predicted molar refractivity (Wildman–Crippen MR) is 101 cm³/mol. The molecule has 2 N–H and O–H groups in total. The Hall–Kier alpha value is -2.89. The molecule has 1 aliphatic rings. The fourth-order valence-corrected chi connectivity index (χ4v) is 2.80. The number of anilines is 1. The van der Waals surface area contributed by atoms with Gasteiger partial charge in [0, 0.05) is 6.54 Å². The second kappa shape index (κ2) is 7.78. The molecular formula is C21H23FN2O3. The number of carbonyl (C=O) groups is 2. The lowest BCUT2D eigenvalue weighted by atomic mass is 10.0. The quantitative estimate of drug-likeness (QED) is 0.731. The molecule has 0 bridgehead atoms. The Labute approximate surface area is 157 Å². The minimum atomic E-state index is -1.05. The second-order valence-electron chi connectivity index (χ2n) is 7.01. The first-order valence-corrected chi connectivity index (χ1v) is 9.00. The topological polar surface area (TPSA) is 67.4 Å². The molecule has 0 unspecified atom stereocenters. The van der Waals surface area contributed by atoms with Crippen LogP contribution in [0.3, 0.4) is 0 Å². The van der Waals surface area contributed by atoms with Crippen LogP contribution in [0.4, 0.5) is 10.1 Å². The third-order valence-corrected chi connectivity index (χ3v) is 4.48. The first kappa shape index (κ1) is 18.9. The van der Waals surface area contributed by atoms with Crippen LogP contribution in [0.25, 0.3) is 0 Å². The number of hydrogen-bond donors (Lipinski definition) is 2. The van der Waals surface area contributed by atoms with E-state index in [1.807, 2.05) is 19.9 Å². The first-order valence-electron chi connectivity index (χ1n) is 9.00. The smallest absolute Gasteiger partial charge is 0.240 e. The summed E-state index contributed by atoms with van der Waals surface area (Å²) in [5.41, 5.74) is 0.274. The summed E-state index contributed by atoms with van der Waals surface area (Å²) in [6, 6.07) is 13.1. The van der Waals surface area contributed by atoms with Gasteiger partial charge in [-0.05, 0) is 56.5 Å². The molecule has 0 aromatic heterocycles. The van der Waals surface area contributed by atoms with E-state index in [0.29, 0.717) is 24.3 Å². The van der Waals surface area contributed by atoms with Gasteiger partial charge in [0.2, 0.25) is 11.8 Å². The van der Waals surface area contributed by atoms with Gasteiger partial charge in [-0.2, -0.15) is 0 Å². The van der Waals surface area contributed by atoms with Crippen molar-refractivity contribution in [1.82, 2.24) is 5.32 Å². The van der Waals surface area contributed by atoms with Gasteiger partial charge >= 0.3 is 0 Å². The molecule has 0 aliphatic heterocycles. The molecule has 5 nitrogen and oxygen atoms in total. The SMILES string of the molecule is CC(C)Oc1ccccc1NC(=O)C1(C(=O)NCc2ccc(F)cc2)CC1. The van der Waals surface area contributed by atoms with E-state index in [-0.39, 0.29) is 30.3 Å². The standard InChI is InChI=1S/C21H23FN2O3/c1-14(2)27-18-6-4-3-5-17(18)24-20(26)21(11-12-21)19(25)23-13-15-7-9-16(22)10-8-15/h3-10,14H,11-13H2,1-2H3,(H,23,25)(H,24,26). The van der Waals surface area contributed by atoms with Crippen molar-refractivity contribution in [1.29, 1.82) is 0 Å². The number of carbonyl (C=O) groups excluding carboxylic acids is 2. The molecule has 1 aliphatic carbocycles. The molecular weight excluding hydrogens is 347 g/mol. The molecule has 27 heavy (non-hydrogen) atoms. The fraction of sp³-hybridized carbons (Fsp3) is 0.333.